The second-order valence-electron chi connectivity index (χ2n) is 7.69. The lowest BCUT2D eigenvalue weighted by atomic mass is 10.0. The number of aliphatic carboxylic acids is 1. The first kappa shape index (κ1) is 24.2. The van der Waals surface area contributed by atoms with Crippen LogP contribution in [0.5, 0.6) is 5.75 Å². The van der Waals surface area contributed by atoms with E-state index >= 15 is 0 Å². The zero-order chi connectivity index (χ0) is 23.1. The van der Waals surface area contributed by atoms with Crippen LogP contribution >= 0.6 is 11.8 Å². The predicted octanol–water partition coefficient (Wildman–Crippen LogP) is 5.51. The first-order valence-corrected chi connectivity index (χ1v) is 13.4. The van der Waals surface area contributed by atoms with Gasteiger partial charge in [-0.25, -0.2) is 13.2 Å². The third-order valence-corrected chi connectivity index (χ3v) is 8.11. The molecule has 1 atom stereocenters. The van der Waals surface area contributed by atoms with Gasteiger partial charge >= 0.3 is 5.97 Å². The quantitative estimate of drug-likeness (QED) is 0.291. The number of rotatable bonds is 9. The molecule has 2 aromatic rings. The van der Waals surface area contributed by atoms with E-state index in [2.05, 4.69) is 11.8 Å². The van der Waals surface area contributed by atoms with Crippen LogP contribution in [0.15, 0.2) is 64.6 Å². The topological polar surface area (TPSA) is 83.9 Å². The van der Waals surface area contributed by atoms with Gasteiger partial charge in [-0.15, -0.1) is 11.8 Å². The van der Waals surface area contributed by atoms with Crippen molar-refractivity contribution in [3.63, 3.8) is 0 Å². The highest BCUT2D eigenvalue weighted by Gasteiger charge is 2.33. The van der Waals surface area contributed by atoms with Crippen LogP contribution in [-0.4, -0.2) is 37.5 Å². The number of hydrogen-bond donors (Lipinski definition) is 1. The second-order valence-corrected chi connectivity index (χ2v) is 11.0. The number of para-hydroxylation sites is 1. The number of unbranched alkanes of at least 4 members (excludes halogenated alkanes) is 1. The Hall–Kier alpha value is -2.45. The largest absolute Gasteiger partial charge is 0.478 e. The van der Waals surface area contributed by atoms with Gasteiger partial charge in [-0.3, -0.25) is 0 Å². The van der Waals surface area contributed by atoms with Crippen LogP contribution in [0.25, 0.3) is 0 Å². The van der Waals surface area contributed by atoms with E-state index in [-0.39, 0.29) is 16.6 Å². The molecule has 3 rings (SSSR count). The molecule has 0 amide bonds. The van der Waals surface area contributed by atoms with E-state index < -0.39 is 15.8 Å². The molecule has 0 aromatic heterocycles. The molecule has 6 nitrogen and oxygen atoms in total. The summed E-state index contributed by atoms with van der Waals surface area (Å²) in [7, 11) is -3.57. The predicted molar refractivity (Wildman–Crippen MR) is 129 cm³/mol. The molecule has 0 aliphatic carbocycles. The molecular weight excluding hydrogens is 446 g/mol. The molecule has 1 aliphatic rings. The fourth-order valence-corrected chi connectivity index (χ4v) is 6.45. The minimum atomic E-state index is -3.57. The Labute approximate surface area is 194 Å². The van der Waals surface area contributed by atoms with Crippen molar-refractivity contribution in [2.45, 2.75) is 42.9 Å². The van der Waals surface area contributed by atoms with Crippen LogP contribution in [0.3, 0.4) is 0 Å². The van der Waals surface area contributed by atoms with E-state index in [0.717, 1.165) is 47.9 Å². The molecule has 32 heavy (non-hydrogen) atoms. The van der Waals surface area contributed by atoms with Crippen molar-refractivity contribution in [3.8, 4) is 5.75 Å². The van der Waals surface area contributed by atoms with Crippen molar-refractivity contribution in [3.05, 3.63) is 54.8 Å². The molecule has 0 saturated carbocycles. The van der Waals surface area contributed by atoms with E-state index in [1.165, 1.54) is 11.8 Å². The standard InChI is InChI=1S/C24H29NO5S2/c1-3-5-9-18-16-25(19-10-7-6-8-11-19)20-14-22(31-4-2)21(30-13-12-24(26)27)15-23(20)32(28,29)17-18/h6-8,10-15,18H,3-5,9,16-17H2,1-2H3,(H,26,27)/b13-12+. The van der Waals surface area contributed by atoms with Gasteiger partial charge in [-0.2, -0.15) is 0 Å². The van der Waals surface area contributed by atoms with Crippen molar-refractivity contribution in [2.24, 2.45) is 5.92 Å². The van der Waals surface area contributed by atoms with Crippen LogP contribution < -0.4 is 9.64 Å². The first-order chi connectivity index (χ1) is 15.4. The van der Waals surface area contributed by atoms with Crippen LogP contribution in [0, 0.1) is 5.92 Å². The molecule has 172 valence electrons. The van der Waals surface area contributed by atoms with Crippen LogP contribution in [0.1, 0.15) is 33.1 Å². The highest BCUT2D eigenvalue weighted by molar-refractivity contribution is 7.99. The normalized spacial score (nSPS) is 17.7. The lowest BCUT2D eigenvalue weighted by Gasteiger charge is -2.28. The number of carbonyl (C=O) groups is 1. The summed E-state index contributed by atoms with van der Waals surface area (Å²) in [5.74, 6) is 0.0529. The first-order valence-electron chi connectivity index (χ1n) is 10.8. The fourth-order valence-electron chi connectivity index (χ4n) is 3.85. The molecule has 0 fully saturated rings. The van der Waals surface area contributed by atoms with E-state index in [1.807, 2.05) is 43.3 Å². The molecule has 1 N–H and O–H groups in total. The van der Waals surface area contributed by atoms with Crippen molar-refractivity contribution < 1.29 is 23.1 Å². The number of fused-ring (bicyclic) bond motifs is 1. The molecule has 2 aromatic carbocycles. The SMILES string of the molecule is CCCCC1CN(c2ccccc2)c2cc(SCC)c(O/C=C/C(=O)O)cc2S(=O)(=O)C1. The average Bonchev–Trinajstić information content (AvgIpc) is 2.86. The van der Waals surface area contributed by atoms with Crippen molar-refractivity contribution in [1.29, 1.82) is 0 Å². The lowest BCUT2D eigenvalue weighted by Crippen LogP contribution is -2.26. The molecule has 8 heteroatoms. The number of anilines is 2. The molecular formula is C24H29NO5S2. The number of nitrogens with zero attached hydrogens (tertiary/aromatic N) is 1. The zero-order valence-corrected chi connectivity index (χ0v) is 20.0. The number of hydrogen-bond acceptors (Lipinski definition) is 6. The third kappa shape index (κ3) is 5.86. The summed E-state index contributed by atoms with van der Waals surface area (Å²) in [5.41, 5.74) is 1.58. The van der Waals surface area contributed by atoms with Gasteiger partial charge in [0.05, 0.1) is 33.6 Å². The number of thioether (sulfide) groups is 1. The summed E-state index contributed by atoms with van der Waals surface area (Å²) in [6, 6.07) is 13.2. The summed E-state index contributed by atoms with van der Waals surface area (Å²) in [6.45, 7) is 4.72. The molecule has 0 saturated heterocycles. The van der Waals surface area contributed by atoms with Gasteiger partial charge < -0.3 is 14.7 Å². The van der Waals surface area contributed by atoms with Crippen molar-refractivity contribution >= 4 is 38.9 Å². The lowest BCUT2D eigenvalue weighted by molar-refractivity contribution is -0.131. The molecule has 0 radical (unpaired) electrons. The average molecular weight is 476 g/mol. The van der Waals surface area contributed by atoms with Gasteiger partial charge in [-0.05, 0) is 36.3 Å². The summed E-state index contributed by atoms with van der Waals surface area (Å²) in [4.78, 5) is 13.9. The summed E-state index contributed by atoms with van der Waals surface area (Å²) in [6.07, 6.45) is 4.79. The Morgan fingerprint density at radius 3 is 2.66 bits per heavy atom. The van der Waals surface area contributed by atoms with E-state index in [0.29, 0.717) is 18.0 Å². The summed E-state index contributed by atoms with van der Waals surface area (Å²) < 4.78 is 32.5. The van der Waals surface area contributed by atoms with Gasteiger partial charge in [0, 0.05) is 18.3 Å². The van der Waals surface area contributed by atoms with Crippen LogP contribution in [-0.2, 0) is 14.6 Å². The number of carboxylic acid groups (broad SMARTS) is 1. The zero-order valence-electron chi connectivity index (χ0n) is 18.4. The third-order valence-electron chi connectivity index (χ3n) is 5.29. The van der Waals surface area contributed by atoms with E-state index in [9.17, 15) is 13.2 Å². The molecule has 1 unspecified atom stereocenters. The molecule has 1 aliphatic heterocycles. The number of benzene rings is 2. The number of ether oxygens (including phenoxy) is 1. The smallest absolute Gasteiger partial charge is 0.331 e. The summed E-state index contributed by atoms with van der Waals surface area (Å²) in [5, 5.41) is 8.86. The maximum atomic E-state index is 13.4. The molecule has 1 heterocycles. The van der Waals surface area contributed by atoms with Gasteiger partial charge in [0.25, 0.3) is 0 Å². The van der Waals surface area contributed by atoms with Gasteiger partial charge in [0.15, 0.2) is 9.84 Å². The Morgan fingerprint density at radius 1 is 1.25 bits per heavy atom. The molecule has 0 bridgehead atoms. The highest BCUT2D eigenvalue weighted by Crippen LogP contribution is 2.43. The molecule has 0 spiro atoms. The second kappa shape index (κ2) is 10.9. The Morgan fingerprint density at radius 2 is 2.00 bits per heavy atom. The van der Waals surface area contributed by atoms with E-state index in [1.54, 1.807) is 6.07 Å². The number of sulfone groups is 1. The van der Waals surface area contributed by atoms with Crippen molar-refractivity contribution in [1.82, 2.24) is 0 Å². The van der Waals surface area contributed by atoms with Crippen molar-refractivity contribution in [2.75, 3.05) is 23.0 Å². The maximum absolute atomic E-state index is 13.4. The minimum absolute atomic E-state index is 0.00566. The Balaban J connectivity index is 2.16. The van der Waals surface area contributed by atoms with E-state index in [4.69, 9.17) is 9.84 Å². The monoisotopic (exact) mass is 475 g/mol. The van der Waals surface area contributed by atoms with Gasteiger partial charge in [0.2, 0.25) is 0 Å². The fraction of sp³-hybridized carbons (Fsp3) is 0.375. The van der Waals surface area contributed by atoms with Gasteiger partial charge in [0.1, 0.15) is 5.75 Å². The summed E-state index contributed by atoms with van der Waals surface area (Å²) >= 11 is 1.52. The minimum Gasteiger partial charge on any atom is -0.478 e. The highest BCUT2D eigenvalue weighted by atomic mass is 32.2. The number of carboxylic acids is 1. The van der Waals surface area contributed by atoms with Crippen LogP contribution in [0.2, 0.25) is 0 Å². The Kier molecular flexibility index (Phi) is 8.26. The maximum Gasteiger partial charge on any atom is 0.331 e. The Bertz CT molecular complexity index is 1070. The van der Waals surface area contributed by atoms with Gasteiger partial charge in [-0.1, -0.05) is 44.9 Å². The van der Waals surface area contributed by atoms with Crippen LogP contribution in [0.4, 0.5) is 11.4 Å².